The van der Waals surface area contributed by atoms with Crippen LogP contribution in [0.1, 0.15) is 32.7 Å². The third-order valence-corrected chi connectivity index (χ3v) is 7.83. The van der Waals surface area contributed by atoms with Gasteiger partial charge in [0.1, 0.15) is 11.2 Å². The molecule has 0 aliphatic carbocycles. The van der Waals surface area contributed by atoms with Crippen molar-refractivity contribution in [1.82, 2.24) is 30.1 Å². The van der Waals surface area contributed by atoms with E-state index >= 15 is 0 Å². The quantitative estimate of drug-likeness (QED) is 0.121. The molecule has 0 bridgehead atoms. The number of nitrogens with one attached hydrogen (secondary N) is 4. The van der Waals surface area contributed by atoms with Crippen LogP contribution in [0.5, 0.6) is 0 Å². The summed E-state index contributed by atoms with van der Waals surface area (Å²) in [6, 6.07) is 13.6. The molecule has 0 radical (unpaired) electrons. The zero-order chi connectivity index (χ0) is 31.1. The van der Waals surface area contributed by atoms with Crippen molar-refractivity contribution in [3.8, 4) is 0 Å². The van der Waals surface area contributed by atoms with Crippen molar-refractivity contribution in [2.75, 3.05) is 69.2 Å². The largest absolute Gasteiger partial charge is 0.399 e. The van der Waals surface area contributed by atoms with Gasteiger partial charge < -0.3 is 31.6 Å². The van der Waals surface area contributed by atoms with E-state index in [-0.39, 0.29) is 34.6 Å². The summed E-state index contributed by atoms with van der Waals surface area (Å²) in [5, 5.41) is 9.45. The minimum atomic E-state index is -0.677. The van der Waals surface area contributed by atoms with E-state index in [1.54, 1.807) is 12.3 Å². The highest BCUT2D eigenvalue weighted by Gasteiger charge is 2.17. The van der Waals surface area contributed by atoms with Crippen molar-refractivity contribution in [1.29, 1.82) is 0 Å². The predicted molar refractivity (Wildman–Crippen MR) is 181 cm³/mol. The Balaban J connectivity index is 0.00000461. The fourth-order valence-corrected chi connectivity index (χ4v) is 5.11. The third-order valence-electron chi connectivity index (χ3n) is 7.50. The summed E-state index contributed by atoms with van der Waals surface area (Å²) >= 11 is 6.32. The lowest BCUT2D eigenvalue weighted by atomic mass is 10.1. The second kappa shape index (κ2) is 15.7. The van der Waals surface area contributed by atoms with E-state index in [0.29, 0.717) is 41.3 Å². The van der Waals surface area contributed by atoms with E-state index in [1.807, 2.05) is 24.3 Å². The van der Waals surface area contributed by atoms with Crippen molar-refractivity contribution >= 4 is 64.2 Å². The Hall–Kier alpha value is -4.23. The lowest BCUT2D eigenvalue weighted by Gasteiger charge is -2.32. The molecule has 1 aliphatic rings. The topological polar surface area (TPSA) is 161 Å². The van der Waals surface area contributed by atoms with Crippen molar-refractivity contribution in [3.05, 3.63) is 86.8 Å². The number of hydrogen-bond acceptors (Lipinski definition) is 9. The van der Waals surface area contributed by atoms with E-state index < -0.39 is 11.5 Å². The van der Waals surface area contributed by atoms with Crippen LogP contribution in [0.25, 0.3) is 11.0 Å². The molecule has 6 N–H and O–H groups in total. The molecule has 238 valence electrons. The number of H-pyrrole nitrogens is 1. The van der Waals surface area contributed by atoms with Crippen molar-refractivity contribution in [2.45, 2.75) is 12.8 Å². The molecule has 3 heterocycles. The van der Waals surface area contributed by atoms with Gasteiger partial charge in [-0.25, -0.2) is 4.98 Å². The van der Waals surface area contributed by atoms with Crippen LogP contribution in [0.3, 0.4) is 0 Å². The average Bonchev–Trinajstić information content (AvgIpc) is 3.01. The van der Waals surface area contributed by atoms with Crippen LogP contribution in [0.4, 0.5) is 17.3 Å². The summed E-state index contributed by atoms with van der Waals surface area (Å²) in [6.45, 7) is 6.11. The number of amides is 2. The van der Waals surface area contributed by atoms with Crippen LogP contribution in [0.15, 0.2) is 59.5 Å². The highest BCUT2D eigenvalue weighted by Crippen LogP contribution is 2.24. The Bertz CT molecular complexity index is 1710. The van der Waals surface area contributed by atoms with Gasteiger partial charge in [-0.3, -0.25) is 19.3 Å². The fraction of sp³-hybridized carbons (Fsp3) is 0.323. The van der Waals surface area contributed by atoms with Crippen LogP contribution in [0, 0.1) is 0 Å². The van der Waals surface area contributed by atoms with E-state index in [1.165, 1.54) is 18.2 Å². The minimum absolute atomic E-state index is 0. The van der Waals surface area contributed by atoms with E-state index in [9.17, 15) is 14.4 Å². The summed E-state index contributed by atoms with van der Waals surface area (Å²) < 4.78 is 0. The van der Waals surface area contributed by atoms with Crippen molar-refractivity contribution in [2.24, 2.45) is 0 Å². The van der Waals surface area contributed by atoms with Gasteiger partial charge in [-0.15, -0.1) is 12.4 Å². The second-order valence-corrected chi connectivity index (χ2v) is 11.2. The molecule has 1 aliphatic heterocycles. The number of nitrogens with zero attached hydrogens (tertiary/aromatic N) is 4. The summed E-state index contributed by atoms with van der Waals surface area (Å²) in [5.41, 5.74) is 7.72. The maximum Gasteiger partial charge on any atom is 0.262 e. The van der Waals surface area contributed by atoms with Crippen LogP contribution >= 0.6 is 24.0 Å². The van der Waals surface area contributed by atoms with Gasteiger partial charge >= 0.3 is 0 Å². The van der Waals surface area contributed by atoms with E-state index in [2.05, 4.69) is 47.7 Å². The summed E-state index contributed by atoms with van der Waals surface area (Å²) in [4.78, 5) is 54.8. The molecule has 2 aromatic carbocycles. The molecule has 5 rings (SSSR count). The summed E-state index contributed by atoms with van der Waals surface area (Å²) in [7, 11) is 2.12. The molecular formula is C31H37Cl2N9O3. The first-order chi connectivity index (χ1) is 21.2. The number of anilines is 3. The Morgan fingerprint density at radius 1 is 1.04 bits per heavy atom. The van der Waals surface area contributed by atoms with Crippen molar-refractivity contribution in [3.63, 3.8) is 0 Å². The van der Waals surface area contributed by atoms with Gasteiger partial charge in [0, 0.05) is 68.6 Å². The number of benzene rings is 2. The summed E-state index contributed by atoms with van der Waals surface area (Å²) in [5.74, 6) is -0.589. The van der Waals surface area contributed by atoms with Gasteiger partial charge in [-0.05, 0) is 61.9 Å². The first kappa shape index (κ1) is 33.7. The second-order valence-electron chi connectivity index (χ2n) is 10.8. The Morgan fingerprint density at radius 2 is 1.84 bits per heavy atom. The molecule has 0 atom stereocenters. The standard InChI is InChI=1S/C31H36ClN9O3.ClH/c1-40-12-14-41(15-13-40)11-10-35-31-36-19-22-17-24(30(44)38-27(22)39-31)29(43)37-26-18-21(7-8-25(26)32)28(42)34-9-3-5-20-4-2-6-23(33)16-20;/h2,4,6-8,16-19H,3,5,9-15,33H2,1H3,(H,34,42)(H,37,43)(H2,35,36,38,39,44);1H. The number of aryl methyl sites for hydroxylation is 1. The van der Waals surface area contributed by atoms with Crippen LogP contribution in [-0.2, 0) is 6.42 Å². The number of likely N-dealkylation sites (N-methyl/N-ethyl adjacent to an activating group) is 1. The normalized spacial score (nSPS) is 13.6. The number of halogens is 2. The smallest absolute Gasteiger partial charge is 0.262 e. The molecule has 45 heavy (non-hydrogen) atoms. The predicted octanol–water partition coefficient (Wildman–Crippen LogP) is 3.25. The monoisotopic (exact) mass is 653 g/mol. The number of rotatable bonds is 11. The zero-order valence-electron chi connectivity index (χ0n) is 24.9. The maximum atomic E-state index is 13.1. The number of piperazine rings is 1. The molecule has 0 spiro atoms. The van der Waals surface area contributed by atoms with Gasteiger partial charge in [-0.2, -0.15) is 4.98 Å². The molecular weight excluding hydrogens is 617 g/mol. The van der Waals surface area contributed by atoms with Gasteiger partial charge in [0.05, 0.1) is 10.7 Å². The van der Waals surface area contributed by atoms with Gasteiger partial charge in [0.2, 0.25) is 5.95 Å². The molecule has 1 fully saturated rings. The van der Waals surface area contributed by atoms with Crippen molar-refractivity contribution < 1.29 is 9.59 Å². The number of nitrogen functional groups attached to an aromatic ring is 1. The van der Waals surface area contributed by atoms with E-state index in [4.69, 9.17) is 17.3 Å². The Kier molecular flexibility index (Phi) is 11.7. The third kappa shape index (κ3) is 9.14. The average molecular weight is 655 g/mol. The van der Waals surface area contributed by atoms with Gasteiger partial charge in [0.15, 0.2) is 0 Å². The molecule has 2 amide bonds. The minimum Gasteiger partial charge on any atom is -0.399 e. The lowest BCUT2D eigenvalue weighted by Crippen LogP contribution is -2.45. The fourth-order valence-electron chi connectivity index (χ4n) is 4.94. The number of hydrogen-bond donors (Lipinski definition) is 5. The molecule has 2 aromatic heterocycles. The Labute approximate surface area is 272 Å². The molecule has 14 heteroatoms. The lowest BCUT2D eigenvalue weighted by molar-refractivity contribution is 0.0951. The number of aromatic nitrogens is 3. The molecule has 12 nitrogen and oxygen atoms in total. The van der Waals surface area contributed by atoms with Crippen LogP contribution in [-0.4, -0.2) is 89.4 Å². The molecule has 0 saturated carbocycles. The molecule has 1 saturated heterocycles. The number of nitrogens with two attached hydrogens (primary N) is 1. The molecule has 0 unspecified atom stereocenters. The highest BCUT2D eigenvalue weighted by molar-refractivity contribution is 6.34. The SMILES string of the molecule is CN1CCN(CCNc2ncc3cc(C(=O)Nc4cc(C(=O)NCCCc5cccc(N)c5)ccc4Cl)c(=O)[nH]c3n2)CC1.Cl. The maximum absolute atomic E-state index is 13.1. The first-order valence-corrected chi connectivity index (χ1v) is 14.9. The number of carbonyl (C=O) groups excluding carboxylic acids is 2. The number of pyridine rings is 1. The van der Waals surface area contributed by atoms with Gasteiger partial charge in [0.25, 0.3) is 17.4 Å². The first-order valence-electron chi connectivity index (χ1n) is 14.5. The van der Waals surface area contributed by atoms with E-state index in [0.717, 1.165) is 51.1 Å². The van der Waals surface area contributed by atoms with Gasteiger partial charge in [-0.1, -0.05) is 23.7 Å². The van der Waals surface area contributed by atoms with Crippen LogP contribution in [0.2, 0.25) is 5.02 Å². The summed E-state index contributed by atoms with van der Waals surface area (Å²) in [6.07, 6.45) is 3.06. The Morgan fingerprint density at radius 3 is 2.62 bits per heavy atom. The number of carbonyl (C=O) groups is 2. The molecule has 4 aromatic rings. The number of fused-ring (bicyclic) bond motifs is 1. The number of aromatic amines is 1. The zero-order valence-corrected chi connectivity index (χ0v) is 26.5. The highest BCUT2D eigenvalue weighted by atomic mass is 35.5. The van der Waals surface area contributed by atoms with Crippen LogP contribution < -0.4 is 27.2 Å².